The number of amides is 2. The molecule has 0 saturated carbocycles. The van der Waals surface area contributed by atoms with Crippen molar-refractivity contribution in [1.29, 1.82) is 0 Å². The number of benzene rings is 3. The minimum absolute atomic E-state index is 0.250. The Kier molecular flexibility index (Phi) is 9.27. The van der Waals surface area contributed by atoms with Gasteiger partial charge in [0.2, 0.25) is 0 Å². The van der Waals surface area contributed by atoms with Crippen molar-refractivity contribution in [1.82, 2.24) is 10.7 Å². The Bertz CT molecular complexity index is 1220. The third-order valence-corrected chi connectivity index (χ3v) is 5.16. The van der Waals surface area contributed by atoms with Crippen LogP contribution in [0.3, 0.4) is 0 Å². The number of hydrogen-bond acceptors (Lipinski definition) is 7. The van der Waals surface area contributed by atoms with Crippen LogP contribution in [-0.2, 0) is 11.4 Å². The molecule has 36 heavy (non-hydrogen) atoms. The third kappa shape index (κ3) is 7.23. The lowest BCUT2D eigenvalue weighted by atomic mass is 10.2. The zero-order valence-electron chi connectivity index (χ0n) is 20.7. The second kappa shape index (κ2) is 12.8. The van der Waals surface area contributed by atoms with Gasteiger partial charge in [-0.1, -0.05) is 29.8 Å². The Balaban J connectivity index is 1.50. The number of aryl methyl sites for hydroxylation is 1. The Morgan fingerprint density at radius 3 is 2.19 bits per heavy atom. The fourth-order valence-electron chi connectivity index (χ4n) is 3.19. The minimum Gasteiger partial charge on any atom is -0.493 e. The van der Waals surface area contributed by atoms with E-state index in [1.165, 1.54) is 32.1 Å². The number of methoxy groups -OCH3 is 3. The monoisotopic (exact) mass is 491 g/mol. The van der Waals surface area contributed by atoms with Gasteiger partial charge in [-0.25, -0.2) is 5.43 Å². The van der Waals surface area contributed by atoms with Crippen LogP contribution in [0.1, 0.15) is 27.0 Å². The predicted molar refractivity (Wildman–Crippen MR) is 136 cm³/mol. The molecule has 0 unspecified atom stereocenters. The maximum Gasteiger partial charge on any atom is 0.259 e. The molecule has 0 spiro atoms. The summed E-state index contributed by atoms with van der Waals surface area (Å²) in [5.74, 6) is 1.15. The van der Waals surface area contributed by atoms with Gasteiger partial charge in [0.15, 0.2) is 23.0 Å². The lowest BCUT2D eigenvalue weighted by molar-refractivity contribution is -0.120. The summed E-state index contributed by atoms with van der Waals surface area (Å²) in [6, 6.07) is 18.1. The van der Waals surface area contributed by atoms with Crippen LogP contribution in [-0.4, -0.2) is 45.9 Å². The highest BCUT2D eigenvalue weighted by molar-refractivity contribution is 5.97. The first-order valence-corrected chi connectivity index (χ1v) is 11.1. The molecule has 0 aliphatic carbocycles. The van der Waals surface area contributed by atoms with Crippen LogP contribution < -0.4 is 29.7 Å². The lowest BCUT2D eigenvalue weighted by Gasteiger charge is -2.11. The number of carbonyl (C=O) groups excluding carboxylic acids is 2. The SMILES string of the molecule is COc1ccc(C(=O)NCC(=O)N/N=C\c2ccc(OCc3ccc(C)cc3)c(OC)c2)cc1OC. The van der Waals surface area contributed by atoms with Gasteiger partial charge in [-0.2, -0.15) is 5.10 Å². The Labute approximate surface area is 210 Å². The second-order valence-electron chi connectivity index (χ2n) is 7.73. The van der Waals surface area contributed by atoms with Crippen molar-refractivity contribution in [2.45, 2.75) is 13.5 Å². The summed E-state index contributed by atoms with van der Waals surface area (Å²) in [4.78, 5) is 24.4. The molecule has 0 atom stereocenters. The van der Waals surface area contributed by atoms with Gasteiger partial charge in [-0.3, -0.25) is 9.59 Å². The van der Waals surface area contributed by atoms with Gasteiger partial charge in [0.25, 0.3) is 11.8 Å². The van der Waals surface area contributed by atoms with Crippen LogP contribution in [0.4, 0.5) is 0 Å². The van der Waals surface area contributed by atoms with Gasteiger partial charge in [0.05, 0.1) is 34.1 Å². The minimum atomic E-state index is -0.481. The molecule has 3 aromatic rings. The quantitative estimate of drug-likeness (QED) is 0.314. The molecule has 2 amide bonds. The zero-order chi connectivity index (χ0) is 25.9. The summed E-state index contributed by atoms with van der Waals surface area (Å²) in [6.45, 7) is 2.20. The van der Waals surface area contributed by atoms with Crippen molar-refractivity contribution in [3.63, 3.8) is 0 Å². The topological polar surface area (TPSA) is 107 Å². The molecule has 0 aliphatic heterocycles. The van der Waals surface area contributed by atoms with E-state index >= 15 is 0 Å². The van der Waals surface area contributed by atoms with Crippen LogP contribution in [0.15, 0.2) is 65.8 Å². The first-order chi connectivity index (χ1) is 17.4. The average Bonchev–Trinajstić information content (AvgIpc) is 2.91. The number of hydrazone groups is 1. The van der Waals surface area contributed by atoms with Crippen LogP contribution in [0.5, 0.6) is 23.0 Å². The molecule has 188 valence electrons. The summed E-state index contributed by atoms with van der Waals surface area (Å²) >= 11 is 0. The highest BCUT2D eigenvalue weighted by atomic mass is 16.5. The van der Waals surface area contributed by atoms with Crippen LogP contribution in [0, 0.1) is 6.92 Å². The first kappa shape index (κ1) is 26.1. The fourth-order valence-corrected chi connectivity index (χ4v) is 3.19. The Hall–Kier alpha value is -4.53. The fraction of sp³-hybridized carbons (Fsp3) is 0.222. The third-order valence-electron chi connectivity index (χ3n) is 5.16. The number of carbonyl (C=O) groups is 2. The van der Waals surface area contributed by atoms with E-state index in [9.17, 15) is 9.59 Å². The van der Waals surface area contributed by atoms with Crippen molar-refractivity contribution in [3.8, 4) is 23.0 Å². The van der Waals surface area contributed by atoms with Gasteiger partial charge >= 0.3 is 0 Å². The highest BCUT2D eigenvalue weighted by Gasteiger charge is 2.12. The molecule has 9 nitrogen and oxygen atoms in total. The van der Waals surface area contributed by atoms with Crippen molar-refractivity contribution in [2.24, 2.45) is 5.10 Å². The molecule has 0 aromatic heterocycles. The second-order valence-corrected chi connectivity index (χ2v) is 7.73. The summed E-state index contributed by atoms with van der Waals surface area (Å²) in [5.41, 5.74) is 5.65. The number of hydrogen-bond donors (Lipinski definition) is 2. The van der Waals surface area contributed by atoms with Crippen molar-refractivity contribution in [3.05, 3.63) is 82.9 Å². The van der Waals surface area contributed by atoms with E-state index in [1.807, 2.05) is 31.2 Å². The summed E-state index contributed by atoms with van der Waals surface area (Å²) < 4.78 is 21.6. The maximum absolute atomic E-state index is 12.3. The lowest BCUT2D eigenvalue weighted by Crippen LogP contribution is -2.34. The first-order valence-electron chi connectivity index (χ1n) is 11.1. The molecule has 0 saturated heterocycles. The Morgan fingerprint density at radius 1 is 0.833 bits per heavy atom. The van der Waals surface area contributed by atoms with Crippen LogP contribution in [0.2, 0.25) is 0 Å². The molecular weight excluding hydrogens is 462 g/mol. The van der Waals surface area contributed by atoms with E-state index in [0.717, 1.165) is 5.56 Å². The Morgan fingerprint density at radius 2 is 1.50 bits per heavy atom. The van der Waals surface area contributed by atoms with Crippen LogP contribution in [0.25, 0.3) is 0 Å². The van der Waals surface area contributed by atoms with Crippen molar-refractivity contribution in [2.75, 3.05) is 27.9 Å². The number of ether oxygens (including phenoxy) is 4. The summed E-state index contributed by atoms with van der Waals surface area (Å²) in [6.07, 6.45) is 1.47. The zero-order valence-corrected chi connectivity index (χ0v) is 20.7. The average molecular weight is 492 g/mol. The number of nitrogens with one attached hydrogen (secondary N) is 2. The molecule has 9 heteroatoms. The van der Waals surface area contributed by atoms with Gasteiger partial charge < -0.3 is 24.3 Å². The maximum atomic E-state index is 12.3. The van der Waals surface area contributed by atoms with Gasteiger partial charge in [0, 0.05) is 5.56 Å². The van der Waals surface area contributed by atoms with Crippen LogP contribution >= 0.6 is 0 Å². The van der Waals surface area contributed by atoms with E-state index in [4.69, 9.17) is 18.9 Å². The van der Waals surface area contributed by atoms with Crippen molar-refractivity contribution < 1.29 is 28.5 Å². The predicted octanol–water partition coefficient (Wildman–Crippen LogP) is 3.48. The van der Waals surface area contributed by atoms with Crippen molar-refractivity contribution >= 4 is 18.0 Å². The number of nitrogens with zero attached hydrogens (tertiary/aromatic N) is 1. The molecular formula is C27H29N3O6. The largest absolute Gasteiger partial charge is 0.493 e. The highest BCUT2D eigenvalue weighted by Crippen LogP contribution is 2.29. The number of rotatable bonds is 11. The normalized spacial score (nSPS) is 10.6. The van der Waals surface area contributed by atoms with E-state index in [1.54, 1.807) is 37.4 Å². The van der Waals surface area contributed by atoms with Gasteiger partial charge in [-0.15, -0.1) is 0 Å². The van der Waals surface area contributed by atoms with E-state index < -0.39 is 11.8 Å². The summed E-state index contributed by atoms with van der Waals surface area (Å²) in [7, 11) is 4.54. The molecule has 3 rings (SSSR count). The van der Waals surface area contributed by atoms with E-state index in [0.29, 0.717) is 40.7 Å². The molecule has 0 radical (unpaired) electrons. The molecule has 2 N–H and O–H groups in total. The molecule has 0 bridgehead atoms. The smallest absolute Gasteiger partial charge is 0.259 e. The molecule has 0 heterocycles. The molecule has 0 aliphatic rings. The van der Waals surface area contributed by atoms with Gasteiger partial charge in [-0.05, 0) is 54.4 Å². The summed E-state index contributed by atoms with van der Waals surface area (Å²) in [5, 5.41) is 6.48. The molecule has 3 aromatic carbocycles. The van der Waals surface area contributed by atoms with E-state index in [2.05, 4.69) is 15.8 Å². The standard InChI is InChI=1S/C27H29N3O6/c1-18-5-7-19(8-6-18)17-36-23-11-9-20(13-24(23)34-3)15-29-30-26(31)16-28-27(32)21-10-12-22(33-2)25(14-21)35-4/h5-15H,16-17H2,1-4H3,(H,28,32)(H,30,31)/b29-15-. The van der Waals surface area contributed by atoms with Gasteiger partial charge in [0.1, 0.15) is 6.61 Å². The van der Waals surface area contributed by atoms with E-state index in [-0.39, 0.29) is 6.54 Å². The molecule has 0 fully saturated rings.